The molecule has 8 nitrogen and oxygen atoms in total. The Kier molecular flexibility index (Phi) is 7.33. The molecule has 2 unspecified atom stereocenters. The van der Waals surface area contributed by atoms with Crippen molar-refractivity contribution >= 4 is 27.5 Å². The number of hydrogen-bond donors (Lipinski definition) is 2. The molecule has 45 heavy (non-hydrogen) atoms. The van der Waals surface area contributed by atoms with Crippen molar-refractivity contribution in [2.45, 2.75) is 83.3 Å². The predicted molar refractivity (Wildman–Crippen MR) is 180 cm³/mol. The van der Waals surface area contributed by atoms with E-state index in [1.807, 2.05) is 18.3 Å². The zero-order chi connectivity index (χ0) is 30.7. The third-order valence-electron chi connectivity index (χ3n) is 11.4. The number of phenols is 1. The molecule has 0 radical (unpaired) electrons. The summed E-state index contributed by atoms with van der Waals surface area (Å²) in [5, 5.41) is 17.6. The Bertz CT molecular complexity index is 1710. The zero-order valence-electron chi connectivity index (χ0n) is 26.9. The molecular formula is C37H46N6O2. The van der Waals surface area contributed by atoms with Crippen LogP contribution in [0.4, 0.5) is 5.82 Å². The molecule has 236 valence electrons. The number of pyridine rings is 1. The fourth-order valence-electron chi connectivity index (χ4n) is 8.98. The van der Waals surface area contributed by atoms with E-state index in [0.717, 1.165) is 70.1 Å². The van der Waals surface area contributed by atoms with Crippen LogP contribution in [0.2, 0.25) is 0 Å². The van der Waals surface area contributed by atoms with E-state index in [-0.39, 0.29) is 11.3 Å². The summed E-state index contributed by atoms with van der Waals surface area (Å²) in [5.74, 6) is 2.63. The standard InChI is InChI=1S/C37H46N6O2/c1-4-23-15-37(16-24(5-2)19-43(37)18-23)22-45-36-40-33-14-32(30-13-29(44)12-26-9-7-8-25(6-3)34(26)30)38-17-31(33)35(41-36)42-20-27-10-11-28(21-42)39-27/h7-9,12-14,17,23-24,27-28,39,44H,4-6,10-11,15-16,18-22H2,1-3H3/t23?,24?,27-,28+,37?. The van der Waals surface area contributed by atoms with Gasteiger partial charge in [-0.15, -0.1) is 0 Å². The second-order valence-corrected chi connectivity index (χ2v) is 14.2. The van der Waals surface area contributed by atoms with Crippen LogP contribution in [-0.2, 0) is 6.42 Å². The monoisotopic (exact) mass is 606 g/mol. The first-order valence-corrected chi connectivity index (χ1v) is 17.3. The van der Waals surface area contributed by atoms with Gasteiger partial charge in [0.25, 0.3) is 0 Å². The number of benzene rings is 2. The van der Waals surface area contributed by atoms with Crippen molar-refractivity contribution in [3.63, 3.8) is 0 Å². The number of rotatable bonds is 8. The van der Waals surface area contributed by atoms with E-state index < -0.39 is 0 Å². The number of anilines is 1. The van der Waals surface area contributed by atoms with Gasteiger partial charge in [0.15, 0.2) is 0 Å². The molecule has 4 aromatic rings. The van der Waals surface area contributed by atoms with E-state index in [1.165, 1.54) is 57.2 Å². The van der Waals surface area contributed by atoms with Gasteiger partial charge in [0.1, 0.15) is 18.2 Å². The van der Waals surface area contributed by atoms with Gasteiger partial charge in [0.05, 0.1) is 22.1 Å². The van der Waals surface area contributed by atoms with Gasteiger partial charge in [-0.2, -0.15) is 9.97 Å². The Labute approximate surface area is 266 Å². The van der Waals surface area contributed by atoms with Crippen LogP contribution in [0.25, 0.3) is 32.9 Å². The van der Waals surface area contributed by atoms with Crippen LogP contribution in [0.1, 0.15) is 64.9 Å². The average Bonchev–Trinajstić information content (AvgIpc) is 3.70. The van der Waals surface area contributed by atoms with Crippen molar-refractivity contribution in [3.05, 3.63) is 48.2 Å². The number of hydrogen-bond acceptors (Lipinski definition) is 8. The van der Waals surface area contributed by atoms with Crippen LogP contribution in [0.3, 0.4) is 0 Å². The molecule has 4 fully saturated rings. The molecule has 0 spiro atoms. The van der Waals surface area contributed by atoms with Gasteiger partial charge in [-0.05, 0) is 78.5 Å². The van der Waals surface area contributed by atoms with Gasteiger partial charge in [0, 0.05) is 50.0 Å². The van der Waals surface area contributed by atoms with E-state index in [4.69, 9.17) is 19.7 Å². The Morgan fingerprint density at radius 3 is 2.42 bits per heavy atom. The second-order valence-electron chi connectivity index (χ2n) is 14.2. The highest BCUT2D eigenvalue weighted by molar-refractivity contribution is 6.01. The molecular weight excluding hydrogens is 560 g/mol. The summed E-state index contributed by atoms with van der Waals surface area (Å²) in [7, 11) is 0. The van der Waals surface area contributed by atoms with Gasteiger partial charge in [-0.3, -0.25) is 9.88 Å². The topological polar surface area (TPSA) is 86.6 Å². The maximum atomic E-state index is 10.7. The zero-order valence-corrected chi connectivity index (χ0v) is 26.9. The number of fused-ring (bicyclic) bond motifs is 5. The minimum absolute atomic E-state index is 0.0778. The summed E-state index contributed by atoms with van der Waals surface area (Å²) in [5.41, 5.74) is 3.87. The molecule has 0 saturated carbocycles. The van der Waals surface area contributed by atoms with Gasteiger partial charge < -0.3 is 20.1 Å². The maximum Gasteiger partial charge on any atom is 0.319 e. The minimum Gasteiger partial charge on any atom is -0.508 e. The molecule has 4 aliphatic rings. The molecule has 2 N–H and O–H groups in total. The largest absolute Gasteiger partial charge is 0.508 e. The molecule has 0 aliphatic carbocycles. The summed E-state index contributed by atoms with van der Waals surface area (Å²) in [4.78, 5) is 20.3. The van der Waals surface area contributed by atoms with Crippen LogP contribution >= 0.6 is 0 Å². The summed E-state index contributed by atoms with van der Waals surface area (Å²) in [6.45, 7) is 11.7. The molecule has 2 aromatic carbocycles. The molecule has 2 bridgehead atoms. The van der Waals surface area contributed by atoms with Crippen LogP contribution < -0.4 is 15.0 Å². The summed E-state index contributed by atoms with van der Waals surface area (Å²) in [6, 6.07) is 13.5. The molecule has 0 amide bonds. The number of ether oxygens (including phenoxy) is 1. The Balaban J connectivity index is 1.21. The first kappa shape index (κ1) is 28.9. The average molecular weight is 607 g/mol. The number of piperazine rings is 1. The third kappa shape index (κ3) is 5.10. The summed E-state index contributed by atoms with van der Waals surface area (Å²) in [6.07, 6.45) is 10.1. The van der Waals surface area contributed by atoms with Crippen molar-refractivity contribution in [1.82, 2.24) is 25.2 Å². The van der Waals surface area contributed by atoms with E-state index in [0.29, 0.717) is 24.7 Å². The smallest absolute Gasteiger partial charge is 0.319 e. The van der Waals surface area contributed by atoms with Crippen molar-refractivity contribution in [2.24, 2.45) is 11.8 Å². The Morgan fingerprint density at radius 1 is 0.956 bits per heavy atom. The quantitative estimate of drug-likeness (QED) is 0.241. The molecule has 8 heteroatoms. The highest BCUT2D eigenvalue weighted by Gasteiger charge is 2.51. The number of aromatic hydroxyl groups is 1. The normalized spacial score (nSPS) is 27.9. The number of nitrogens with one attached hydrogen (secondary N) is 1. The fourth-order valence-corrected chi connectivity index (χ4v) is 8.98. The van der Waals surface area contributed by atoms with Crippen LogP contribution in [0.5, 0.6) is 11.8 Å². The van der Waals surface area contributed by atoms with Gasteiger partial charge >= 0.3 is 6.01 Å². The van der Waals surface area contributed by atoms with E-state index in [2.05, 4.69) is 60.2 Å². The number of aromatic nitrogens is 3. The fraction of sp³-hybridized carbons (Fsp3) is 0.541. The van der Waals surface area contributed by atoms with Crippen molar-refractivity contribution in [1.29, 1.82) is 0 Å². The SMILES string of the molecule is CCc1cccc2cc(O)cc(-c3cc4nc(OCC56CC(CC)CN5CC(CC)C6)nc(N5C[C@H]6CC[C@@H](C5)N6)c4cn3)c12. The molecule has 2 aromatic heterocycles. The maximum absolute atomic E-state index is 10.7. The third-order valence-corrected chi connectivity index (χ3v) is 11.4. The van der Waals surface area contributed by atoms with Gasteiger partial charge in [0.2, 0.25) is 0 Å². The molecule has 4 saturated heterocycles. The minimum atomic E-state index is 0.0778. The highest BCUT2D eigenvalue weighted by atomic mass is 16.5. The lowest BCUT2D eigenvalue weighted by Gasteiger charge is -2.34. The van der Waals surface area contributed by atoms with Crippen LogP contribution in [-0.4, -0.2) is 75.4 Å². The second kappa shape index (κ2) is 11.4. The first-order chi connectivity index (χ1) is 21.9. The lowest BCUT2D eigenvalue weighted by molar-refractivity contribution is 0.107. The summed E-state index contributed by atoms with van der Waals surface area (Å²) >= 11 is 0. The molecule has 4 aliphatic heterocycles. The van der Waals surface area contributed by atoms with Crippen LogP contribution in [0.15, 0.2) is 42.6 Å². The first-order valence-electron chi connectivity index (χ1n) is 17.3. The predicted octanol–water partition coefficient (Wildman–Crippen LogP) is 6.33. The van der Waals surface area contributed by atoms with E-state index in [9.17, 15) is 5.11 Å². The number of nitrogens with zero attached hydrogens (tertiary/aromatic N) is 5. The lowest BCUT2D eigenvalue weighted by atomic mass is 9.86. The van der Waals surface area contributed by atoms with Crippen molar-refractivity contribution in [3.8, 4) is 23.0 Å². The van der Waals surface area contributed by atoms with Crippen molar-refractivity contribution < 1.29 is 9.84 Å². The van der Waals surface area contributed by atoms with Gasteiger partial charge in [-0.1, -0.05) is 51.8 Å². The summed E-state index contributed by atoms with van der Waals surface area (Å²) < 4.78 is 6.69. The van der Waals surface area contributed by atoms with Crippen LogP contribution in [0, 0.1) is 11.8 Å². The molecule has 4 atom stereocenters. The van der Waals surface area contributed by atoms with Gasteiger partial charge in [-0.25, -0.2) is 0 Å². The molecule has 8 rings (SSSR count). The van der Waals surface area contributed by atoms with E-state index in [1.54, 1.807) is 0 Å². The van der Waals surface area contributed by atoms with Crippen molar-refractivity contribution in [2.75, 3.05) is 37.7 Å². The Morgan fingerprint density at radius 2 is 1.71 bits per heavy atom. The Hall–Kier alpha value is -3.49. The highest BCUT2D eigenvalue weighted by Crippen LogP contribution is 2.46. The number of phenolic OH excluding ortho intramolecular Hbond substituents is 1. The van der Waals surface area contributed by atoms with E-state index >= 15 is 0 Å². The molecule has 6 heterocycles. The lowest BCUT2D eigenvalue weighted by Crippen LogP contribution is -2.51. The number of aryl methyl sites for hydroxylation is 1.